The molecule has 0 saturated carbocycles. The SMILES string of the molecule is C=CCN(CC1CC(c2ccc(C)cc2)=NO1)C(=O)CC(C)C. The third-order valence-electron chi connectivity index (χ3n) is 3.83. The Hall–Kier alpha value is -2.10. The second-order valence-corrected chi connectivity index (χ2v) is 6.52. The van der Waals surface area contributed by atoms with Gasteiger partial charge < -0.3 is 9.74 Å². The molecule has 124 valence electrons. The molecule has 0 saturated heterocycles. The van der Waals surface area contributed by atoms with E-state index in [4.69, 9.17) is 4.84 Å². The van der Waals surface area contributed by atoms with Gasteiger partial charge in [0.1, 0.15) is 0 Å². The zero-order valence-corrected chi connectivity index (χ0v) is 14.3. The van der Waals surface area contributed by atoms with Crippen LogP contribution in [0.4, 0.5) is 0 Å². The highest BCUT2D eigenvalue weighted by Gasteiger charge is 2.26. The van der Waals surface area contributed by atoms with Crippen LogP contribution in [0.15, 0.2) is 42.1 Å². The summed E-state index contributed by atoms with van der Waals surface area (Å²) in [6, 6.07) is 8.26. The molecule has 1 aromatic carbocycles. The van der Waals surface area contributed by atoms with Crippen molar-refractivity contribution in [2.24, 2.45) is 11.1 Å². The summed E-state index contributed by atoms with van der Waals surface area (Å²) in [4.78, 5) is 19.7. The Bertz CT molecular complexity index is 576. The van der Waals surface area contributed by atoms with Gasteiger partial charge in [-0.25, -0.2) is 0 Å². The summed E-state index contributed by atoms with van der Waals surface area (Å²) >= 11 is 0. The lowest BCUT2D eigenvalue weighted by Crippen LogP contribution is -2.38. The minimum atomic E-state index is -0.0811. The van der Waals surface area contributed by atoms with Gasteiger partial charge in [0.15, 0.2) is 6.10 Å². The van der Waals surface area contributed by atoms with Crippen molar-refractivity contribution in [3.05, 3.63) is 48.0 Å². The first-order chi connectivity index (χ1) is 11.0. The first-order valence-corrected chi connectivity index (χ1v) is 8.18. The summed E-state index contributed by atoms with van der Waals surface area (Å²) in [7, 11) is 0. The van der Waals surface area contributed by atoms with Gasteiger partial charge >= 0.3 is 0 Å². The van der Waals surface area contributed by atoms with Crippen molar-refractivity contribution in [1.29, 1.82) is 0 Å². The quantitative estimate of drug-likeness (QED) is 0.722. The molecular weight excluding hydrogens is 288 g/mol. The van der Waals surface area contributed by atoms with Gasteiger partial charge in [0, 0.05) is 19.4 Å². The lowest BCUT2D eigenvalue weighted by Gasteiger charge is -2.24. The smallest absolute Gasteiger partial charge is 0.223 e. The second-order valence-electron chi connectivity index (χ2n) is 6.52. The van der Waals surface area contributed by atoms with Crippen molar-refractivity contribution in [3.63, 3.8) is 0 Å². The van der Waals surface area contributed by atoms with Crippen molar-refractivity contribution in [2.45, 2.75) is 39.7 Å². The summed E-state index contributed by atoms with van der Waals surface area (Å²) in [6.07, 6.45) is 2.95. The van der Waals surface area contributed by atoms with E-state index in [-0.39, 0.29) is 12.0 Å². The topological polar surface area (TPSA) is 41.9 Å². The molecule has 0 fully saturated rings. The second kappa shape index (κ2) is 7.95. The number of amides is 1. The zero-order chi connectivity index (χ0) is 16.8. The van der Waals surface area contributed by atoms with Crippen molar-refractivity contribution < 1.29 is 9.63 Å². The van der Waals surface area contributed by atoms with Crippen LogP contribution in [0, 0.1) is 12.8 Å². The number of oxime groups is 1. The number of benzene rings is 1. The monoisotopic (exact) mass is 314 g/mol. The van der Waals surface area contributed by atoms with E-state index in [1.165, 1.54) is 5.56 Å². The Morgan fingerprint density at radius 2 is 2.13 bits per heavy atom. The van der Waals surface area contributed by atoms with Crippen LogP contribution in [0.1, 0.15) is 37.8 Å². The van der Waals surface area contributed by atoms with E-state index in [0.29, 0.717) is 25.4 Å². The maximum absolute atomic E-state index is 12.3. The Balaban J connectivity index is 1.94. The van der Waals surface area contributed by atoms with Crippen LogP contribution >= 0.6 is 0 Å². The molecule has 1 unspecified atom stereocenters. The van der Waals surface area contributed by atoms with Gasteiger partial charge in [0.2, 0.25) is 5.91 Å². The van der Waals surface area contributed by atoms with Crippen molar-refractivity contribution >= 4 is 11.6 Å². The van der Waals surface area contributed by atoms with Gasteiger partial charge in [-0.2, -0.15) is 0 Å². The highest BCUT2D eigenvalue weighted by atomic mass is 16.6. The van der Waals surface area contributed by atoms with Crippen molar-refractivity contribution in [2.75, 3.05) is 13.1 Å². The maximum atomic E-state index is 12.3. The number of aryl methyl sites for hydroxylation is 1. The molecule has 1 amide bonds. The molecule has 4 nitrogen and oxygen atoms in total. The highest BCUT2D eigenvalue weighted by Crippen LogP contribution is 2.19. The third kappa shape index (κ3) is 4.95. The van der Waals surface area contributed by atoms with Crippen LogP contribution in [-0.4, -0.2) is 35.7 Å². The first-order valence-electron chi connectivity index (χ1n) is 8.18. The first kappa shape index (κ1) is 17.3. The fourth-order valence-corrected chi connectivity index (χ4v) is 2.60. The summed E-state index contributed by atoms with van der Waals surface area (Å²) in [5.74, 6) is 0.492. The standard InChI is InChI=1S/C19H26N2O2/c1-5-10-21(19(22)11-14(2)3)13-17-12-18(20-23-17)16-8-6-15(4)7-9-16/h5-9,14,17H,1,10-13H2,2-4H3. The molecule has 23 heavy (non-hydrogen) atoms. The van der Waals surface area contributed by atoms with Crippen LogP contribution in [0.25, 0.3) is 0 Å². The summed E-state index contributed by atoms with van der Waals surface area (Å²) in [5.41, 5.74) is 3.26. The van der Waals surface area contributed by atoms with Crippen LogP contribution in [-0.2, 0) is 9.63 Å². The normalized spacial score (nSPS) is 16.9. The predicted octanol–water partition coefficient (Wildman–Crippen LogP) is 3.55. The molecule has 1 heterocycles. The van der Waals surface area contributed by atoms with Gasteiger partial charge in [-0.05, 0) is 18.4 Å². The number of carbonyl (C=O) groups excluding carboxylic acids is 1. The molecule has 0 spiro atoms. The molecule has 4 heteroatoms. The van der Waals surface area contributed by atoms with Crippen molar-refractivity contribution in [1.82, 2.24) is 4.90 Å². The van der Waals surface area contributed by atoms with Gasteiger partial charge in [-0.15, -0.1) is 6.58 Å². The molecule has 1 aliphatic heterocycles. The molecule has 1 aliphatic rings. The number of rotatable bonds is 7. The minimum absolute atomic E-state index is 0.0811. The fraction of sp³-hybridized carbons (Fsp3) is 0.474. The molecule has 0 aromatic heterocycles. The van der Waals surface area contributed by atoms with Crippen LogP contribution in [0.5, 0.6) is 0 Å². The zero-order valence-electron chi connectivity index (χ0n) is 14.3. The largest absolute Gasteiger partial charge is 0.390 e. The van der Waals surface area contributed by atoms with E-state index >= 15 is 0 Å². The Kier molecular flexibility index (Phi) is 5.97. The Labute approximate surface area is 138 Å². The average Bonchev–Trinajstić information content (AvgIpc) is 2.95. The number of nitrogens with zero attached hydrogens (tertiary/aromatic N) is 2. The Morgan fingerprint density at radius 3 is 2.74 bits per heavy atom. The minimum Gasteiger partial charge on any atom is -0.390 e. The van der Waals surface area contributed by atoms with Crippen molar-refractivity contribution in [3.8, 4) is 0 Å². The van der Waals surface area contributed by atoms with E-state index in [9.17, 15) is 4.79 Å². The molecule has 1 atom stereocenters. The maximum Gasteiger partial charge on any atom is 0.223 e. The third-order valence-corrected chi connectivity index (χ3v) is 3.83. The summed E-state index contributed by atoms with van der Waals surface area (Å²) < 4.78 is 0. The summed E-state index contributed by atoms with van der Waals surface area (Å²) in [6.45, 7) is 11.0. The number of hydrogen-bond acceptors (Lipinski definition) is 3. The fourth-order valence-electron chi connectivity index (χ4n) is 2.60. The van der Waals surface area contributed by atoms with Gasteiger partial charge in [-0.3, -0.25) is 4.79 Å². The highest BCUT2D eigenvalue weighted by molar-refractivity contribution is 6.01. The molecule has 0 aliphatic carbocycles. The van der Waals surface area contributed by atoms with Crippen LogP contribution in [0.2, 0.25) is 0 Å². The van der Waals surface area contributed by atoms with Crippen LogP contribution < -0.4 is 0 Å². The molecule has 0 radical (unpaired) electrons. The van der Waals surface area contributed by atoms with E-state index in [1.807, 2.05) is 4.90 Å². The molecular formula is C19H26N2O2. The van der Waals surface area contributed by atoms with E-state index in [2.05, 4.69) is 56.8 Å². The van der Waals surface area contributed by atoms with Gasteiger partial charge in [-0.1, -0.05) is 54.9 Å². The summed E-state index contributed by atoms with van der Waals surface area (Å²) in [5, 5.41) is 4.20. The van der Waals surface area contributed by atoms with E-state index in [1.54, 1.807) is 6.08 Å². The average molecular weight is 314 g/mol. The number of hydrogen-bond donors (Lipinski definition) is 0. The molecule has 0 bridgehead atoms. The van der Waals surface area contributed by atoms with E-state index in [0.717, 1.165) is 17.7 Å². The number of carbonyl (C=O) groups is 1. The van der Waals surface area contributed by atoms with Gasteiger partial charge in [0.25, 0.3) is 0 Å². The predicted molar refractivity (Wildman–Crippen MR) is 93.4 cm³/mol. The van der Waals surface area contributed by atoms with E-state index < -0.39 is 0 Å². The molecule has 1 aromatic rings. The molecule has 2 rings (SSSR count). The molecule has 0 N–H and O–H groups in total. The lowest BCUT2D eigenvalue weighted by molar-refractivity contribution is -0.133. The van der Waals surface area contributed by atoms with Gasteiger partial charge in [0.05, 0.1) is 12.3 Å². The van der Waals surface area contributed by atoms with Crippen LogP contribution in [0.3, 0.4) is 0 Å². The Morgan fingerprint density at radius 1 is 1.43 bits per heavy atom. The lowest BCUT2D eigenvalue weighted by atomic mass is 10.0.